The Morgan fingerprint density at radius 3 is 1.55 bits per heavy atom. The monoisotopic (exact) mass is 688 g/mol. The number of rotatable bonds is 5. The van der Waals surface area contributed by atoms with Crippen LogP contribution in [0.15, 0.2) is 200 Å². The fourth-order valence-corrected chi connectivity index (χ4v) is 6.62. The fourth-order valence-electron chi connectivity index (χ4n) is 6.62. The Labute approximate surface area is 306 Å². The molecule has 0 amide bonds. The minimum atomic E-state index is 0.749. The molecule has 0 N–H and O–H groups in total. The predicted octanol–water partition coefficient (Wildman–Crippen LogP) is 14.8. The first-order chi connectivity index (χ1) is 26.2. The van der Waals surface area contributed by atoms with E-state index in [4.69, 9.17) is 17.7 Å². The maximum Gasteiger partial charge on any atom is 0.147 e. The highest BCUT2D eigenvalue weighted by Crippen LogP contribution is 2.40. The van der Waals surface area contributed by atoms with Crippen molar-refractivity contribution in [3.63, 3.8) is 0 Å². The number of fused-ring (bicyclic) bond motifs is 12. The highest BCUT2D eigenvalue weighted by atomic mass is 16.4. The summed E-state index contributed by atoms with van der Waals surface area (Å²) in [5.74, 6) is 0.750. The zero-order valence-corrected chi connectivity index (χ0v) is 29.2. The molecule has 8 aromatic rings. The van der Waals surface area contributed by atoms with Crippen molar-refractivity contribution in [3.05, 3.63) is 194 Å². The SMILES string of the molecule is C=C/C=C\C=C/c1oc2ccc3c4ccccc5c(ccccc4oc3c2c1/C=C/C=C/C)oc1c5ccc2oc3ccccccccccc3c21. The van der Waals surface area contributed by atoms with Crippen LogP contribution >= 0.6 is 0 Å². The molecule has 8 rings (SSSR count). The predicted molar refractivity (Wildman–Crippen MR) is 223 cm³/mol. The van der Waals surface area contributed by atoms with E-state index in [1.807, 2.05) is 147 Å². The highest BCUT2D eigenvalue weighted by Gasteiger charge is 2.18. The molecule has 53 heavy (non-hydrogen) atoms. The van der Waals surface area contributed by atoms with E-state index in [0.29, 0.717) is 0 Å². The van der Waals surface area contributed by atoms with Crippen LogP contribution in [0.4, 0.5) is 0 Å². The Morgan fingerprint density at radius 2 is 0.906 bits per heavy atom. The standard InChI is InChI=1S/C49H36O4/c1-3-5-7-16-26-42-38(24-14-6-4-2)46-44(50-42)32-30-36-34-22-18-19-23-35-37-31-33-45-47(39-25-15-12-10-8-9-11-13-17-27-43(39)51-45)49(37)53-41(35)29-21-20-28-40(34)52-48(36)46/h3-33H,1H2,2H3/b6-4+,7-5-,9-8?,10-8?,11-9?,12-10?,13-11?,15-12?,17-13?,19-18?,21-20?,22-18?,23-19?,24-14+,25-15?,26-16-,27-17?,28-20?,29-21?,34-22?,35-23?,39-25?,40-28?,41-29?,43-27?. The van der Waals surface area contributed by atoms with Crippen LogP contribution < -0.4 is 0 Å². The molecule has 0 fully saturated rings. The normalized spacial score (nSPS) is 12.0. The molecule has 256 valence electrons. The molecule has 0 bridgehead atoms. The van der Waals surface area contributed by atoms with Crippen molar-refractivity contribution in [2.75, 3.05) is 0 Å². The molecular formula is C49H36O4. The third kappa shape index (κ3) is 6.50. The summed E-state index contributed by atoms with van der Waals surface area (Å²) in [5, 5.41) is 6.83. The van der Waals surface area contributed by atoms with E-state index < -0.39 is 0 Å². The molecule has 0 aliphatic carbocycles. The van der Waals surface area contributed by atoms with Gasteiger partial charge in [0.1, 0.15) is 44.8 Å². The van der Waals surface area contributed by atoms with Gasteiger partial charge in [-0.15, -0.1) is 0 Å². The zero-order chi connectivity index (χ0) is 36.0. The molecule has 4 heteroatoms. The number of hydrogen-bond donors (Lipinski definition) is 0. The van der Waals surface area contributed by atoms with E-state index in [2.05, 4.69) is 49.1 Å². The maximum absolute atomic E-state index is 6.65. The number of hydrogen-bond acceptors (Lipinski definition) is 4. The lowest BCUT2D eigenvalue weighted by atomic mass is 10.1. The number of allylic oxidation sites excluding steroid dienone is 7. The van der Waals surface area contributed by atoms with Gasteiger partial charge in [-0.3, -0.25) is 0 Å². The third-order valence-corrected chi connectivity index (χ3v) is 8.99. The third-order valence-electron chi connectivity index (χ3n) is 8.99. The largest absolute Gasteiger partial charge is 0.456 e. The minimum Gasteiger partial charge on any atom is -0.456 e. The lowest BCUT2D eigenvalue weighted by molar-refractivity contribution is 0.603. The van der Waals surface area contributed by atoms with Crippen molar-refractivity contribution in [2.45, 2.75) is 6.92 Å². The van der Waals surface area contributed by atoms with Gasteiger partial charge in [-0.05, 0) is 55.5 Å². The van der Waals surface area contributed by atoms with Crippen LogP contribution in [0.5, 0.6) is 0 Å². The van der Waals surface area contributed by atoms with E-state index in [9.17, 15) is 0 Å². The lowest BCUT2D eigenvalue weighted by Crippen LogP contribution is -1.75. The summed E-state index contributed by atoms with van der Waals surface area (Å²) in [5.41, 5.74) is 6.31. The summed E-state index contributed by atoms with van der Waals surface area (Å²) in [4.78, 5) is 0. The molecule has 0 saturated carbocycles. The van der Waals surface area contributed by atoms with E-state index in [-0.39, 0.29) is 0 Å². The molecule has 4 heterocycles. The summed E-state index contributed by atoms with van der Waals surface area (Å²) < 4.78 is 26.0. The van der Waals surface area contributed by atoms with Crippen LogP contribution in [0.3, 0.4) is 0 Å². The first-order valence-corrected chi connectivity index (χ1v) is 17.6. The second kappa shape index (κ2) is 15.1. The average Bonchev–Trinajstić information content (AvgIpc) is 3.90. The summed E-state index contributed by atoms with van der Waals surface area (Å²) >= 11 is 0. The van der Waals surface area contributed by atoms with Crippen LogP contribution in [-0.4, -0.2) is 0 Å². The molecule has 0 spiro atoms. The van der Waals surface area contributed by atoms with E-state index in [1.54, 1.807) is 6.08 Å². The smallest absolute Gasteiger partial charge is 0.147 e. The van der Waals surface area contributed by atoms with Crippen molar-refractivity contribution in [2.24, 2.45) is 0 Å². The van der Waals surface area contributed by atoms with Crippen LogP contribution in [0.2, 0.25) is 0 Å². The molecule has 0 saturated heterocycles. The molecule has 0 aliphatic rings. The summed E-state index contributed by atoms with van der Waals surface area (Å²) in [6, 6.07) is 44.5. The second-order valence-electron chi connectivity index (χ2n) is 12.3. The van der Waals surface area contributed by atoms with Crippen molar-refractivity contribution in [3.8, 4) is 0 Å². The lowest BCUT2D eigenvalue weighted by Gasteiger charge is -1.94. The quantitative estimate of drug-likeness (QED) is 0.169. The van der Waals surface area contributed by atoms with Gasteiger partial charge in [0, 0.05) is 32.5 Å². The Kier molecular flexibility index (Phi) is 9.41. The van der Waals surface area contributed by atoms with Crippen molar-refractivity contribution >= 4 is 88.9 Å². The van der Waals surface area contributed by atoms with Crippen LogP contribution in [0, 0.1) is 0 Å². The van der Waals surface area contributed by atoms with Crippen molar-refractivity contribution in [1.82, 2.24) is 0 Å². The first-order valence-electron chi connectivity index (χ1n) is 17.6. The van der Waals surface area contributed by atoms with Gasteiger partial charge in [-0.1, -0.05) is 146 Å². The molecule has 4 aromatic heterocycles. The van der Waals surface area contributed by atoms with Gasteiger partial charge in [0.2, 0.25) is 0 Å². The fraction of sp³-hybridized carbons (Fsp3) is 0.0204. The summed E-state index contributed by atoms with van der Waals surface area (Å²) in [6.07, 6.45) is 17.5. The Balaban J connectivity index is 1.33. The molecule has 0 atom stereocenters. The number of benzene rings is 2. The topological polar surface area (TPSA) is 52.6 Å². The van der Waals surface area contributed by atoms with E-state index in [0.717, 1.165) is 88.1 Å². The summed E-state index contributed by atoms with van der Waals surface area (Å²) in [6.45, 7) is 5.75. The van der Waals surface area contributed by atoms with Crippen LogP contribution in [-0.2, 0) is 0 Å². The Morgan fingerprint density at radius 1 is 0.396 bits per heavy atom. The minimum absolute atomic E-state index is 0.749. The van der Waals surface area contributed by atoms with Gasteiger partial charge in [-0.2, -0.15) is 0 Å². The Bertz CT molecular complexity index is 2990. The second-order valence-corrected chi connectivity index (χ2v) is 12.3. The maximum atomic E-state index is 6.65. The molecule has 0 radical (unpaired) electrons. The van der Waals surface area contributed by atoms with Gasteiger partial charge >= 0.3 is 0 Å². The summed E-state index contributed by atoms with van der Waals surface area (Å²) in [7, 11) is 0. The van der Waals surface area contributed by atoms with Gasteiger partial charge in [0.25, 0.3) is 0 Å². The molecule has 0 aliphatic heterocycles. The molecule has 4 aromatic carbocycles. The first kappa shape index (κ1) is 33.1. The zero-order valence-electron chi connectivity index (χ0n) is 29.2. The van der Waals surface area contributed by atoms with Crippen LogP contribution in [0.25, 0.3) is 88.9 Å². The Hall–Kier alpha value is -7.04. The van der Waals surface area contributed by atoms with Gasteiger partial charge in [0.15, 0.2) is 0 Å². The molecule has 4 nitrogen and oxygen atoms in total. The van der Waals surface area contributed by atoms with Gasteiger partial charge in [-0.25, -0.2) is 0 Å². The molecular weight excluding hydrogens is 653 g/mol. The van der Waals surface area contributed by atoms with Crippen molar-refractivity contribution < 1.29 is 17.7 Å². The number of furan rings is 4. The van der Waals surface area contributed by atoms with E-state index in [1.165, 1.54) is 0 Å². The van der Waals surface area contributed by atoms with Crippen LogP contribution in [0.1, 0.15) is 18.2 Å². The molecule has 0 unspecified atom stereocenters. The van der Waals surface area contributed by atoms with Gasteiger partial charge < -0.3 is 17.7 Å². The van der Waals surface area contributed by atoms with E-state index >= 15 is 0 Å². The van der Waals surface area contributed by atoms with Gasteiger partial charge in [0.05, 0.1) is 10.8 Å². The van der Waals surface area contributed by atoms with Crippen molar-refractivity contribution in [1.29, 1.82) is 0 Å². The average molecular weight is 689 g/mol. The highest BCUT2D eigenvalue weighted by molar-refractivity contribution is 6.21.